The van der Waals surface area contributed by atoms with Crippen molar-refractivity contribution in [2.45, 2.75) is 57.5 Å². The molecule has 12 heteroatoms. The SMILES string of the molecule is CCN(CC)C(=O)N1C[C@H](NC(=O)N2CCC(n3c(=O)[nH]c4ncccc43)CC2)CC[C@@H](c2cccc(F)c2F)C1. The fourth-order valence-corrected chi connectivity index (χ4v) is 6.16. The molecule has 2 aliphatic heterocycles. The number of piperidine rings is 1. The highest BCUT2D eigenvalue weighted by Gasteiger charge is 2.33. The van der Waals surface area contributed by atoms with Gasteiger partial charge in [0.2, 0.25) is 0 Å². The number of rotatable bonds is 5. The smallest absolute Gasteiger partial charge is 0.327 e. The third-order valence-electron chi connectivity index (χ3n) is 8.41. The maximum absolute atomic E-state index is 14.7. The molecule has 2 aliphatic rings. The quantitative estimate of drug-likeness (QED) is 0.483. The van der Waals surface area contributed by atoms with Gasteiger partial charge in [0.1, 0.15) is 0 Å². The lowest BCUT2D eigenvalue weighted by Gasteiger charge is -2.35. The maximum atomic E-state index is 14.7. The van der Waals surface area contributed by atoms with E-state index in [9.17, 15) is 23.2 Å². The second-order valence-corrected chi connectivity index (χ2v) is 10.8. The summed E-state index contributed by atoms with van der Waals surface area (Å²) in [5, 5.41) is 3.10. The van der Waals surface area contributed by atoms with Crippen molar-refractivity contribution in [2.75, 3.05) is 39.3 Å². The second kappa shape index (κ2) is 12.3. The van der Waals surface area contributed by atoms with Crippen LogP contribution < -0.4 is 11.0 Å². The standard InChI is InChI=1S/C29H37F2N7O3/c1-3-35(4-2)29(41)37-17-19(22-7-5-8-23(30)25(22)31)10-11-20(18-37)33-27(39)36-15-12-21(13-16-36)38-24-9-6-14-32-26(24)34-28(38)40/h5-9,14,19-21H,3-4,10-13,15-18H2,1-2H3,(H,33,39)(H,32,34,40)/t19-,20-/m1/s1. The third kappa shape index (κ3) is 5.91. The Labute approximate surface area is 237 Å². The Morgan fingerprint density at radius 2 is 1.78 bits per heavy atom. The predicted molar refractivity (Wildman–Crippen MR) is 151 cm³/mol. The molecule has 2 fully saturated rings. The van der Waals surface area contributed by atoms with Crippen LogP contribution in [-0.4, -0.2) is 86.6 Å². The van der Waals surface area contributed by atoms with Crippen LogP contribution in [0.1, 0.15) is 57.1 Å². The molecule has 0 aliphatic carbocycles. The zero-order valence-electron chi connectivity index (χ0n) is 23.5. The van der Waals surface area contributed by atoms with Crippen molar-refractivity contribution in [3.8, 4) is 0 Å². The minimum absolute atomic E-state index is 0.0495. The van der Waals surface area contributed by atoms with Crippen molar-refractivity contribution in [3.63, 3.8) is 0 Å². The molecule has 2 atom stereocenters. The van der Waals surface area contributed by atoms with Gasteiger partial charge >= 0.3 is 17.8 Å². The molecule has 220 valence electrons. The topological polar surface area (TPSA) is 107 Å². The van der Waals surface area contributed by atoms with Crippen molar-refractivity contribution in [2.24, 2.45) is 0 Å². The number of H-pyrrole nitrogens is 1. The minimum Gasteiger partial charge on any atom is -0.333 e. The van der Waals surface area contributed by atoms with Crippen molar-refractivity contribution in [3.05, 3.63) is 64.2 Å². The number of halogens is 2. The van der Waals surface area contributed by atoms with Crippen LogP contribution in [0, 0.1) is 11.6 Å². The lowest BCUT2D eigenvalue weighted by Crippen LogP contribution is -2.53. The highest BCUT2D eigenvalue weighted by molar-refractivity contribution is 5.76. The fourth-order valence-electron chi connectivity index (χ4n) is 6.16. The molecule has 2 saturated heterocycles. The van der Waals surface area contributed by atoms with Gasteiger partial charge < -0.3 is 20.0 Å². The first-order valence-corrected chi connectivity index (χ1v) is 14.4. The molecule has 2 N–H and O–H groups in total. The molecular formula is C29H37F2N7O3. The van der Waals surface area contributed by atoms with Crippen LogP contribution in [-0.2, 0) is 0 Å². The van der Waals surface area contributed by atoms with Crippen molar-refractivity contribution in [1.29, 1.82) is 0 Å². The molecule has 41 heavy (non-hydrogen) atoms. The number of nitrogens with one attached hydrogen (secondary N) is 2. The van der Waals surface area contributed by atoms with E-state index in [1.165, 1.54) is 6.07 Å². The lowest BCUT2D eigenvalue weighted by atomic mass is 9.93. The van der Waals surface area contributed by atoms with Gasteiger partial charge in [-0.3, -0.25) is 9.55 Å². The van der Waals surface area contributed by atoms with Crippen LogP contribution in [0.25, 0.3) is 11.2 Å². The Bertz CT molecular complexity index is 1450. The number of carbonyl (C=O) groups is 2. The Kier molecular flexibility index (Phi) is 8.55. The number of aromatic amines is 1. The van der Waals surface area contributed by atoms with E-state index in [0.29, 0.717) is 57.5 Å². The summed E-state index contributed by atoms with van der Waals surface area (Å²) >= 11 is 0. The van der Waals surface area contributed by atoms with Crippen LogP contribution >= 0.6 is 0 Å². The summed E-state index contributed by atoms with van der Waals surface area (Å²) in [7, 11) is 0. The molecule has 4 amide bonds. The van der Waals surface area contributed by atoms with Crippen LogP contribution in [0.3, 0.4) is 0 Å². The normalized spacial score (nSPS) is 20.2. The molecule has 2 aromatic heterocycles. The molecule has 10 nitrogen and oxygen atoms in total. The summed E-state index contributed by atoms with van der Waals surface area (Å²) in [6.45, 7) is 6.30. The highest BCUT2D eigenvalue weighted by atomic mass is 19.2. The van der Waals surface area contributed by atoms with E-state index in [1.807, 2.05) is 19.9 Å². The average molecular weight is 570 g/mol. The van der Waals surface area contributed by atoms with Crippen molar-refractivity contribution in [1.82, 2.24) is 34.6 Å². The zero-order valence-corrected chi connectivity index (χ0v) is 23.5. The highest BCUT2D eigenvalue weighted by Crippen LogP contribution is 2.30. The number of urea groups is 2. The number of aromatic nitrogens is 3. The summed E-state index contributed by atoms with van der Waals surface area (Å²) in [4.78, 5) is 51.4. The van der Waals surface area contributed by atoms with E-state index in [0.717, 1.165) is 11.6 Å². The maximum Gasteiger partial charge on any atom is 0.327 e. The van der Waals surface area contributed by atoms with Gasteiger partial charge in [0.15, 0.2) is 17.3 Å². The Hall–Kier alpha value is -3.96. The zero-order chi connectivity index (χ0) is 29.1. The monoisotopic (exact) mass is 569 g/mol. The van der Waals surface area contributed by atoms with Gasteiger partial charge in [-0.05, 0) is 63.3 Å². The van der Waals surface area contributed by atoms with E-state index in [1.54, 1.807) is 37.6 Å². The van der Waals surface area contributed by atoms with Gasteiger partial charge in [-0.1, -0.05) is 12.1 Å². The third-order valence-corrected chi connectivity index (χ3v) is 8.41. The number of carbonyl (C=O) groups excluding carboxylic acids is 2. The van der Waals surface area contributed by atoms with Crippen LogP contribution in [0.5, 0.6) is 0 Å². The summed E-state index contributed by atoms with van der Waals surface area (Å²) in [5.74, 6) is -2.19. The molecule has 0 bridgehead atoms. The van der Waals surface area contributed by atoms with Gasteiger partial charge in [0, 0.05) is 63.5 Å². The number of nitrogens with zero attached hydrogens (tertiary/aromatic N) is 5. The number of imidazole rings is 1. The number of pyridine rings is 1. The van der Waals surface area contributed by atoms with Crippen molar-refractivity contribution < 1.29 is 18.4 Å². The number of hydrogen-bond donors (Lipinski definition) is 2. The minimum atomic E-state index is -0.909. The first-order valence-electron chi connectivity index (χ1n) is 14.4. The molecule has 0 spiro atoms. The number of fused-ring (bicyclic) bond motifs is 1. The van der Waals surface area contributed by atoms with Crippen molar-refractivity contribution >= 4 is 23.2 Å². The van der Waals surface area contributed by atoms with Gasteiger partial charge in [-0.2, -0.15) is 0 Å². The van der Waals surface area contributed by atoms with Crippen LogP contribution in [0.15, 0.2) is 41.3 Å². The molecule has 5 rings (SSSR count). The molecule has 1 aromatic carbocycles. The Balaban J connectivity index is 1.27. The summed E-state index contributed by atoms with van der Waals surface area (Å²) < 4.78 is 30.5. The van der Waals surface area contributed by atoms with E-state index in [4.69, 9.17) is 0 Å². The van der Waals surface area contributed by atoms with E-state index < -0.39 is 17.6 Å². The Morgan fingerprint density at radius 1 is 1.02 bits per heavy atom. The molecule has 0 radical (unpaired) electrons. The second-order valence-electron chi connectivity index (χ2n) is 10.8. The van der Waals surface area contributed by atoms with Gasteiger partial charge in [0.05, 0.1) is 5.52 Å². The first-order chi connectivity index (χ1) is 19.8. The predicted octanol–water partition coefficient (Wildman–Crippen LogP) is 4.06. The molecular weight excluding hydrogens is 532 g/mol. The summed E-state index contributed by atoms with van der Waals surface area (Å²) in [6, 6.07) is 6.99. The number of likely N-dealkylation sites (tertiary alicyclic amines) is 2. The molecule has 3 aromatic rings. The van der Waals surface area contributed by atoms with E-state index in [-0.39, 0.29) is 48.5 Å². The van der Waals surface area contributed by atoms with E-state index >= 15 is 0 Å². The Morgan fingerprint density at radius 3 is 2.51 bits per heavy atom. The number of hydrogen-bond acceptors (Lipinski definition) is 4. The first kappa shape index (κ1) is 28.6. The van der Waals surface area contributed by atoms with Gasteiger partial charge in [0.25, 0.3) is 0 Å². The average Bonchev–Trinajstić information content (AvgIpc) is 3.17. The largest absolute Gasteiger partial charge is 0.333 e. The lowest BCUT2D eigenvalue weighted by molar-refractivity contribution is 0.148. The van der Waals surface area contributed by atoms with Crippen LogP contribution in [0.2, 0.25) is 0 Å². The van der Waals surface area contributed by atoms with Gasteiger partial charge in [-0.25, -0.2) is 28.1 Å². The molecule has 4 heterocycles. The fraction of sp³-hybridized carbons (Fsp3) is 0.517. The molecule has 0 unspecified atom stereocenters. The summed E-state index contributed by atoms with van der Waals surface area (Å²) in [5.41, 5.74) is 1.34. The van der Waals surface area contributed by atoms with E-state index in [2.05, 4.69) is 15.3 Å². The van der Waals surface area contributed by atoms with Crippen LogP contribution in [0.4, 0.5) is 18.4 Å². The molecule has 0 saturated carbocycles. The van der Waals surface area contributed by atoms with Gasteiger partial charge in [-0.15, -0.1) is 0 Å². The number of benzene rings is 1. The summed E-state index contributed by atoms with van der Waals surface area (Å²) in [6.07, 6.45) is 3.88. The number of amides is 4.